The summed E-state index contributed by atoms with van der Waals surface area (Å²) in [6.45, 7) is 3.74. The molecular weight excluding hydrogens is 346 g/mol. The molecule has 0 spiro atoms. The Kier molecular flexibility index (Phi) is 7.94. The van der Waals surface area contributed by atoms with Gasteiger partial charge in [-0.05, 0) is 36.2 Å². The number of alkyl halides is 2. The molecule has 1 amide bonds. The SMILES string of the molecule is CCCNC(=O)c1cccc(CNCc2ccc(CSC(F)F)o2)c1. The third-order valence-corrected chi connectivity index (χ3v) is 4.13. The minimum Gasteiger partial charge on any atom is -0.464 e. The number of thioether (sulfide) groups is 1. The molecule has 4 nitrogen and oxygen atoms in total. The summed E-state index contributed by atoms with van der Waals surface area (Å²) in [6.07, 6.45) is 0.897. The van der Waals surface area contributed by atoms with Crippen molar-refractivity contribution >= 4 is 17.7 Å². The maximum atomic E-state index is 12.2. The van der Waals surface area contributed by atoms with Gasteiger partial charge >= 0.3 is 0 Å². The first-order valence-electron chi connectivity index (χ1n) is 8.13. The van der Waals surface area contributed by atoms with Crippen molar-refractivity contribution in [1.29, 1.82) is 0 Å². The van der Waals surface area contributed by atoms with Crippen molar-refractivity contribution in [3.05, 3.63) is 59.0 Å². The summed E-state index contributed by atoms with van der Waals surface area (Å²) in [4.78, 5) is 12.0. The Morgan fingerprint density at radius 2 is 2.00 bits per heavy atom. The second kappa shape index (κ2) is 10.2. The van der Waals surface area contributed by atoms with E-state index < -0.39 is 5.76 Å². The zero-order chi connectivity index (χ0) is 18.1. The summed E-state index contributed by atoms with van der Waals surface area (Å²) in [7, 11) is 0. The van der Waals surface area contributed by atoms with Gasteiger partial charge < -0.3 is 15.1 Å². The molecule has 0 saturated carbocycles. The highest BCUT2D eigenvalue weighted by Crippen LogP contribution is 2.21. The van der Waals surface area contributed by atoms with Gasteiger partial charge in [0.1, 0.15) is 11.5 Å². The van der Waals surface area contributed by atoms with E-state index in [1.165, 1.54) is 0 Å². The quantitative estimate of drug-likeness (QED) is 0.661. The van der Waals surface area contributed by atoms with Gasteiger partial charge in [0, 0.05) is 18.7 Å². The molecule has 0 bridgehead atoms. The van der Waals surface area contributed by atoms with Crippen molar-refractivity contribution < 1.29 is 18.0 Å². The van der Waals surface area contributed by atoms with Gasteiger partial charge in [0.2, 0.25) is 0 Å². The number of furan rings is 1. The van der Waals surface area contributed by atoms with Crippen molar-refractivity contribution in [2.45, 2.75) is 37.9 Å². The summed E-state index contributed by atoms with van der Waals surface area (Å²) in [5, 5.41) is 6.08. The summed E-state index contributed by atoms with van der Waals surface area (Å²) in [5.74, 6) is -1.07. The van der Waals surface area contributed by atoms with Crippen LogP contribution in [0.3, 0.4) is 0 Å². The van der Waals surface area contributed by atoms with E-state index in [1.807, 2.05) is 25.1 Å². The predicted molar refractivity (Wildman–Crippen MR) is 95.6 cm³/mol. The van der Waals surface area contributed by atoms with E-state index in [1.54, 1.807) is 18.2 Å². The number of halogens is 2. The molecule has 2 rings (SSSR count). The molecule has 7 heteroatoms. The summed E-state index contributed by atoms with van der Waals surface area (Å²) < 4.78 is 29.8. The molecular formula is C18H22F2N2O2S. The van der Waals surface area contributed by atoms with Crippen molar-refractivity contribution in [3.63, 3.8) is 0 Å². The zero-order valence-electron chi connectivity index (χ0n) is 14.1. The number of benzene rings is 1. The lowest BCUT2D eigenvalue weighted by molar-refractivity contribution is 0.0953. The van der Waals surface area contributed by atoms with E-state index in [-0.39, 0.29) is 11.7 Å². The second-order valence-electron chi connectivity index (χ2n) is 5.50. The number of amides is 1. The van der Waals surface area contributed by atoms with E-state index in [2.05, 4.69) is 10.6 Å². The molecule has 0 aliphatic carbocycles. The van der Waals surface area contributed by atoms with E-state index in [0.717, 1.165) is 12.0 Å². The minimum atomic E-state index is -2.39. The van der Waals surface area contributed by atoms with Crippen molar-refractivity contribution in [2.75, 3.05) is 6.54 Å². The largest absolute Gasteiger partial charge is 0.464 e. The topological polar surface area (TPSA) is 54.3 Å². The highest BCUT2D eigenvalue weighted by molar-refractivity contribution is 7.98. The van der Waals surface area contributed by atoms with Crippen LogP contribution in [0.25, 0.3) is 0 Å². The number of rotatable bonds is 10. The van der Waals surface area contributed by atoms with E-state index in [4.69, 9.17) is 4.42 Å². The average molecular weight is 368 g/mol. The molecule has 136 valence electrons. The molecule has 0 atom stereocenters. The van der Waals surface area contributed by atoms with Crippen LogP contribution in [0.1, 0.15) is 40.8 Å². The summed E-state index contributed by atoms with van der Waals surface area (Å²) >= 11 is 0.543. The van der Waals surface area contributed by atoms with Gasteiger partial charge in [-0.25, -0.2) is 0 Å². The van der Waals surface area contributed by atoms with Crippen LogP contribution in [0.15, 0.2) is 40.8 Å². The first kappa shape index (κ1) is 19.5. The zero-order valence-corrected chi connectivity index (χ0v) is 14.9. The van der Waals surface area contributed by atoms with Gasteiger partial charge in [0.25, 0.3) is 11.7 Å². The fourth-order valence-corrected chi connectivity index (χ4v) is 2.68. The average Bonchev–Trinajstić information content (AvgIpc) is 3.06. The first-order chi connectivity index (χ1) is 12.1. The van der Waals surface area contributed by atoms with Crippen molar-refractivity contribution in [3.8, 4) is 0 Å². The molecule has 0 aliphatic heterocycles. The number of hydrogen-bond donors (Lipinski definition) is 2. The molecule has 2 N–H and O–H groups in total. The number of nitrogens with one attached hydrogen (secondary N) is 2. The van der Waals surface area contributed by atoms with Crippen molar-refractivity contribution in [2.24, 2.45) is 0 Å². The second-order valence-corrected chi connectivity index (χ2v) is 6.48. The molecule has 25 heavy (non-hydrogen) atoms. The molecule has 0 unspecified atom stereocenters. The van der Waals surface area contributed by atoms with Gasteiger partial charge in [-0.3, -0.25) is 4.79 Å². The minimum absolute atomic E-state index is 0.0732. The molecule has 0 aliphatic rings. The molecule has 2 aromatic rings. The molecule has 0 saturated heterocycles. The lowest BCUT2D eigenvalue weighted by atomic mass is 10.1. The van der Waals surface area contributed by atoms with Crippen LogP contribution in [0.5, 0.6) is 0 Å². The molecule has 1 aromatic heterocycles. The molecule has 0 radical (unpaired) electrons. The van der Waals surface area contributed by atoms with Crippen LogP contribution >= 0.6 is 11.8 Å². The monoisotopic (exact) mass is 368 g/mol. The predicted octanol–water partition coefficient (Wildman–Crippen LogP) is 4.17. The molecule has 1 heterocycles. The lowest BCUT2D eigenvalue weighted by Crippen LogP contribution is -2.24. The summed E-state index contributed by atoms with van der Waals surface area (Å²) in [5.41, 5.74) is 1.63. The van der Waals surface area contributed by atoms with Crippen LogP contribution in [0.4, 0.5) is 8.78 Å². The van der Waals surface area contributed by atoms with Gasteiger partial charge in [0.05, 0.1) is 12.3 Å². The maximum Gasteiger partial charge on any atom is 0.284 e. The highest BCUT2D eigenvalue weighted by atomic mass is 32.2. The van der Waals surface area contributed by atoms with Crippen LogP contribution in [0.2, 0.25) is 0 Å². The van der Waals surface area contributed by atoms with E-state index >= 15 is 0 Å². The van der Waals surface area contributed by atoms with Gasteiger partial charge in [-0.1, -0.05) is 30.8 Å². The Hall–Kier alpha value is -1.86. The molecule has 1 aromatic carbocycles. The summed E-state index contributed by atoms with van der Waals surface area (Å²) in [6, 6.07) is 10.9. The normalized spacial score (nSPS) is 11.0. The van der Waals surface area contributed by atoms with Crippen LogP contribution in [0, 0.1) is 0 Å². The molecule has 0 fully saturated rings. The number of hydrogen-bond acceptors (Lipinski definition) is 4. The third kappa shape index (κ3) is 6.88. The lowest BCUT2D eigenvalue weighted by Gasteiger charge is -2.07. The Balaban J connectivity index is 1.80. The standard InChI is InChI=1S/C18H22F2N2O2S/c1-2-8-22-17(23)14-5-3-4-13(9-14)10-21-11-15-6-7-16(24-15)12-25-18(19)20/h3-7,9,18,21H,2,8,10-12H2,1H3,(H,22,23). The number of carbonyl (C=O) groups excluding carboxylic acids is 1. The van der Waals surface area contributed by atoms with Gasteiger partial charge in [-0.2, -0.15) is 8.78 Å². The first-order valence-corrected chi connectivity index (χ1v) is 9.18. The van der Waals surface area contributed by atoms with Crippen molar-refractivity contribution in [1.82, 2.24) is 10.6 Å². The van der Waals surface area contributed by atoms with Crippen LogP contribution in [-0.2, 0) is 18.8 Å². The highest BCUT2D eigenvalue weighted by Gasteiger charge is 2.08. The van der Waals surface area contributed by atoms with E-state index in [0.29, 0.717) is 48.5 Å². The Morgan fingerprint density at radius 3 is 2.76 bits per heavy atom. The third-order valence-electron chi connectivity index (χ3n) is 3.42. The fourth-order valence-electron chi connectivity index (χ4n) is 2.23. The van der Waals surface area contributed by atoms with Gasteiger partial charge in [0.15, 0.2) is 0 Å². The Labute approximate surface area is 150 Å². The fraction of sp³-hybridized carbons (Fsp3) is 0.389. The maximum absolute atomic E-state index is 12.2. The van der Waals surface area contributed by atoms with Crippen LogP contribution in [-0.4, -0.2) is 18.2 Å². The smallest absolute Gasteiger partial charge is 0.284 e. The Bertz CT molecular complexity index is 677. The van der Waals surface area contributed by atoms with E-state index in [9.17, 15) is 13.6 Å². The number of carbonyl (C=O) groups is 1. The Morgan fingerprint density at radius 1 is 1.20 bits per heavy atom. The van der Waals surface area contributed by atoms with Crippen LogP contribution < -0.4 is 10.6 Å². The van der Waals surface area contributed by atoms with Gasteiger partial charge in [-0.15, -0.1) is 0 Å².